The largest absolute Gasteiger partial charge is 0.312 e. The van der Waals surface area contributed by atoms with Crippen LogP contribution in [-0.2, 0) is 11.2 Å². The van der Waals surface area contributed by atoms with Crippen LogP contribution < -0.4 is 4.90 Å². The molecule has 0 aromatic heterocycles. The predicted octanol–water partition coefficient (Wildman–Crippen LogP) is 2.73. The Morgan fingerprint density at radius 3 is 2.44 bits per heavy atom. The fraction of sp³-hybridized carbons (Fsp3) is 0.636. The van der Waals surface area contributed by atoms with Gasteiger partial charge in [-0.05, 0) is 43.0 Å². The van der Waals surface area contributed by atoms with Gasteiger partial charge in [0.1, 0.15) is 0 Å². The van der Waals surface area contributed by atoms with Crippen LogP contribution in [0.2, 0.25) is 0 Å². The molecule has 27 heavy (non-hydrogen) atoms. The number of anilines is 1. The van der Waals surface area contributed by atoms with Gasteiger partial charge in [-0.3, -0.25) is 19.4 Å². The van der Waals surface area contributed by atoms with Gasteiger partial charge in [0.05, 0.1) is 6.54 Å². The van der Waals surface area contributed by atoms with Gasteiger partial charge in [0.15, 0.2) is 5.78 Å². The van der Waals surface area contributed by atoms with E-state index in [9.17, 15) is 9.59 Å². The first-order valence-electron chi connectivity index (χ1n) is 10.5. The van der Waals surface area contributed by atoms with Crippen LogP contribution in [0, 0.1) is 0 Å². The van der Waals surface area contributed by atoms with Crippen LogP contribution in [0.3, 0.4) is 0 Å². The molecular weight excluding hydrogens is 338 g/mol. The lowest BCUT2D eigenvalue weighted by molar-refractivity contribution is -0.116. The van der Waals surface area contributed by atoms with Gasteiger partial charge in [-0.2, -0.15) is 0 Å². The summed E-state index contributed by atoms with van der Waals surface area (Å²) < 4.78 is 0. The van der Waals surface area contributed by atoms with E-state index in [1.54, 1.807) is 11.8 Å². The monoisotopic (exact) mass is 369 g/mol. The number of ketones is 1. The van der Waals surface area contributed by atoms with Gasteiger partial charge in [0.25, 0.3) is 0 Å². The SMILES string of the molecule is CC(=O)N1CCc2cc(C(=O)CN3CCN(C4CCCCC4)CC3)ccc21. The molecule has 0 bridgehead atoms. The van der Waals surface area contributed by atoms with Gasteiger partial charge in [0, 0.05) is 56.9 Å². The van der Waals surface area contributed by atoms with E-state index in [1.807, 2.05) is 18.2 Å². The summed E-state index contributed by atoms with van der Waals surface area (Å²) in [6.45, 7) is 7.00. The van der Waals surface area contributed by atoms with E-state index in [0.717, 1.165) is 62.0 Å². The van der Waals surface area contributed by atoms with Crippen LogP contribution in [0.15, 0.2) is 18.2 Å². The van der Waals surface area contributed by atoms with E-state index in [0.29, 0.717) is 6.54 Å². The summed E-state index contributed by atoms with van der Waals surface area (Å²) in [5.41, 5.74) is 2.88. The molecule has 1 saturated heterocycles. The number of amides is 1. The molecule has 1 aliphatic carbocycles. The van der Waals surface area contributed by atoms with E-state index in [1.165, 1.54) is 32.1 Å². The average Bonchev–Trinajstić information content (AvgIpc) is 3.13. The number of hydrogen-bond acceptors (Lipinski definition) is 4. The van der Waals surface area contributed by atoms with Crippen molar-refractivity contribution in [2.45, 2.75) is 51.5 Å². The highest BCUT2D eigenvalue weighted by molar-refractivity contribution is 6.00. The Labute approximate surface area is 162 Å². The first-order chi connectivity index (χ1) is 13.1. The molecule has 1 aromatic carbocycles. The summed E-state index contributed by atoms with van der Waals surface area (Å²) in [5.74, 6) is 0.272. The Morgan fingerprint density at radius 2 is 1.74 bits per heavy atom. The van der Waals surface area contributed by atoms with Gasteiger partial charge in [-0.1, -0.05) is 19.3 Å². The van der Waals surface area contributed by atoms with Crippen LogP contribution in [-0.4, -0.2) is 66.8 Å². The van der Waals surface area contributed by atoms with Gasteiger partial charge in [0.2, 0.25) is 5.91 Å². The molecule has 146 valence electrons. The molecule has 4 rings (SSSR count). The molecule has 0 N–H and O–H groups in total. The molecule has 1 saturated carbocycles. The van der Waals surface area contributed by atoms with Gasteiger partial charge in [-0.15, -0.1) is 0 Å². The molecular formula is C22H31N3O2. The molecule has 2 fully saturated rings. The van der Waals surface area contributed by atoms with Crippen molar-refractivity contribution in [2.24, 2.45) is 0 Å². The summed E-state index contributed by atoms with van der Waals surface area (Å²) in [6.07, 6.45) is 7.70. The highest BCUT2D eigenvalue weighted by Crippen LogP contribution is 2.29. The van der Waals surface area contributed by atoms with Gasteiger partial charge in [-0.25, -0.2) is 0 Å². The molecule has 0 spiro atoms. The summed E-state index contributed by atoms with van der Waals surface area (Å²) in [6, 6.07) is 6.61. The molecule has 1 aromatic rings. The Balaban J connectivity index is 1.32. The minimum Gasteiger partial charge on any atom is -0.312 e. The van der Waals surface area contributed by atoms with Gasteiger partial charge >= 0.3 is 0 Å². The smallest absolute Gasteiger partial charge is 0.223 e. The van der Waals surface area contributed by atoms with Gasteiger partial charge < -0.3 is 4.90 Å². The number of carbonyl (C=O) groups is 2. The van der Waals surface area contributed by atoms with Crippen molar-refractivity contribution >= 4 is 17.4 Å². The van der Waals surface area contributed by atoms with Crippen molar-refractivity contribution < 1.29 is 9.59 Å². The molecule has 2 aliphatic heterocycles. The Kier molecular flexibility index (Phi) is 5.60. The maximum absolute atomic E-state index is 12.8. The maximum Gasteiger partial charge on any atom is 0.223 e. The van der Waals surface area contributed by atoms with E-state index in [4.69, 9.17) is 0 Å². The molecule has 0 atom stereocenters. The maximum atomic E-state index is 12.8. The van der Waals surface area contributed by atoms with Crippen molar-refractivity contribution in [1.82, 2.24) is 9.80 Å². The summed E-state index contributed by atoms with van der Waals surface area (Å²) in [4.78, 5) is 31.2. The fourth-order valence-electron chi connectivity index (χ4n) is 4.93. The highest BCUT2D eigenvalue weighted by atomic mass is 16.2. The minimum atomic E-state index is 0.0728. The lowest BCUT2D eigenvalue weighted by Crippen LogP contribution is -2.51. The van der Waals surface area contributed by atoms with Crippen LogP contribution in [0.25, 0.3) is 0 Å². The standard InChI is InChI=1S/C22H31N3O2/c1-17(26)25-10-9-18-15-19(7-8-21(18)25)22(27)16-23-11-13-24(14-12-23)20-5-3-2-4-6-20/h7-8,15,20H,2-6,9-14,16H2,1H3. The zero-order chi connectivity index (χ0) is 18.8. The van der Waals surface area contributed by atoms with Crippen molar-refractivity contribution in [1.29, 1.82) is 0 Å². The molecule has 0 unspecified atom stereocenters. The van der Waals surface area contributed by atoms with Crippen LogP contribution in [0.5, 0.6) is 0 Å². The molecule has 3 aliphatic rings. The van der Waals surface area contributed by atoms with Crippen molar-refractivity contribution in [2.75, 3.05) is 44.2 Å². The van der Waals surface area contributed by atoms with Crippen LogP contribution in [0.1, 0.15) is 54.9 Å². The number of carbonyl (C=O) groups excluding carboxylic acids is 2. The molecule has 5 nitrogen and oxygen atoms in total. The number of Topliss-reactive ketones (excluding diaryl/α,β-unsaturated/α-hetero) is 1. The number of benzene rings is 1. The summed E-state index contributed by atoms with van der Waals surface area (Å²) in [7, 11) is 0. The van der Waals surface area contributed by atoms with Crippen molar-refractivity contribution in [3.05, 3.63) is 29.3 Å². The first kappa shape index (κ1) is 18.6. The Bertz CT molecular complexity index is 704. The Hall–Kier alpha value is -1.72. The molecule has 0 radical (unpaired) electrons. The Morgan fingerprint density at radius 1 is 1.00 bits per heavy atom. The summed E-state index contributed by atoms with van der Waals surface area (Å²) >= 11 is 0. The zero-order valence-electron chi connectivity index (χ0n) is 16.5. The first-order valence-corrected chi connectivity index (χ1v) is 10.5. The van der Waals surface area contributed by atoms with E-state index in [-0.39, 0.29) is 11.7 Å². The third kappa shape index (κ3) is 4.09. The third-order valence-electron chi connectivity index (χ3n) is 6.54. The number of fused-ring (bicyclic) bond motifs is 1. The third-order valence-corrected chi connectivity index (χ3v) is 6.54. The van der Waals surface area contributed by atoms with Crippen molar-refractivity contribution in [3.63, 3.8) is 0 Å². The van der Waals surface area contributed by atoms with Crippen molar-refractivity contribution in [3.8, 4) is 0 Å². The minimum absolute atomic E-state index is 0.0728. The van der Waals surface area contributed by atoms with E-state index in [2.05, 4.69) is 9.80 Å². The van der Waals surface area contributed by atoms with Crippen LogP contribution >= 0.6 is 0 Å². The highest BCUT2D eigenvalue weighted by Gasteiger charge is 2.27. The topological polar surface area (TPSA) is 43.9 Å². The molecule has 1 amide bonds. The predicted molar refractivity (Wildman–Crippen MR) is 107 cm³/mol. The quantitative estimate of drug-likeness (QED) is 0.766. The molecule has 5 heteroatoms. The van der Waals surface area contributed by atoms with E-state index >= 15 is 0 Å². The average molecular weight is 370 g/mol. The molecule has 2 heterocycles. The number of rotatable bonds is 4. The second kappa shape index (κ2) is 8.11. The second-order valence-electron chi connectivity index (χ2n) is 8.29. The second-order valence-corrected chi connectivity index (χ2v) is 8.29. The summed E-state index contributed by atoms with van der Waals surface area (Å²) in [5, 5.41) is 0. The van der Waals surface area contributed by atoms with Crippen LogP contribution in [0.4, 0.5) is 5.69 Å². The normalized spacial score (nSPS) is 22.0. The number of nitrogens with zero attached hydrogens (tertiary/aromatic N) is 3. The zero-order valence-corrected chi connectivity index (χ0v) is 16.5. The lowest BCUT2D eigenvalue weighted by atomic mass is 9.94. The lowest BCUT2D eigenvalue weighted by Gasteiger charge is -2.40. The number of hydrogen-bond donors (Lipinski definition) is 0. The fourth-order valence-corrected chi connectivity index (χ4v) is 4.93. The van der Waals surface area contributed by atoms with E-state index < -0.39 is 0 Å². The number of piperazine rings is 1.